The summed E-state index contributed by atoms with van der Waals surface area (Å²) in [6, 6.07) is 16.8. The first kappa shape index (κ1) is 21.2. The lowest BCUT2D eigenvalue weighted by molar-refractivity contribution is -0.157. The van der Waals surface area contributed by atoms with Crippen molar-refractivity contribution in [3.8, 4) is 11.5 Å². The fourth-order valence-electron chi connectivity index (χ4n) is 2.10. The van der Waals surface area contributed by atoms with Crippen LogP contribution in [-0.4, -0.2) is 25.2 Å². The Bertz CT molecular complexity index is 792. The average molecular weight is 382 g/mol. The van der Waals surface area contributed by atoms with Gasteiger partial charge in [0.15, 0.2) is 0 Å². The third kappa shape index (κ3) is 6.91. The summed E-state index contributed by atoms with van der Waals surface area (Å²) in [6.45, 7) is 5.64. The minimum atomic E-state index is -0.527. The quantitative estimate of drug-likeness (QED) is 0.346. The Labute approximate surface area is 165 Å². The summed E-state index contributed by atoms with van der Waals surface area (Å²) in [6.07, 6.45) is 3.68. The summed E-state index contributed by atoms with van der Waals surface area (Å²) in [7, 11) is 0. The molecule has 0 aliphatic rings. The second kappa shape index (κ2) is 10.3. The van der Waals surface area contributed by atoms with Crippen molar-refractivity contribution in [2.24, 2.45) is 5.41 Å². The molecule has 28 heavy (non-hydrogen) atoms. The molecule has 148 valence electrons. The maximum atomic E-state index is 11.8. The predicted octanol–water partition coefficient (Wildman–Crippen LogP) is 5.01. The van der Waals surface area contributed by atoms with Gasteiger partial charge < -0.3 is 14.2 Å². The van der Waals surface area contributed by atoms with Gasteiger partial charge in [-0.3, -0.25) is 4.79 Å². The standard InChI is InChI=1S/C23H26O5/c1-4-23(2,3)22(25)27-17-16-26-21(24)15-12-18-10-13-20(14-11-18)28-19-8-6-5-7-9-19/h5-15H,4,16-17H2,1-3H3/b15-12+. The summed E-state index contributed by atoms with van der Waals surface area (Å²) in [5.74, 6) is 0.690. The van der Waals surface area contributed by atoms with Crippen LogP contribution in [0.5, 0.6) is 11.5 Å². The zero-order valence-corrected chi connectivity index (χ0v) is 16.5. The van der Waals surface area contributed by atoms with Gasteiger partial charge in [-0.15, -0.1) is 0 Å². The predicted molar refractivity (Wildman–Crippen MR) is 108 cm³/mol. The third-order valence-electron chi connectivity index (χ3n) is 4.27. The number of para-hydroxylation sites is 1. The highest BCUT2D eigenvalue weighted by atomic mass is 16.6. The molecule has 0 aliphatic heterocycles. The fourth-order valence-corrected chi connectivity index (χ4v) is 2.10. The highest BCUT2D eigenvalue weighted by molar-refractivity contribution is 5.87. The van der Waals surface area contributed by atoms with Crippen LogP contribution in [-0.2, 0) is 19.1 Å². The van der Waals surface area contributed by atoms with Crippen LogP contribution < -0.4 is 4.74 Å². The van der Waals surface area contributed by atoms with Crippen LogP contribution in [0.25, 0.3) is 6.08 Å². The number of hydrogen-bond acceptors (Lipinski definition) is 5. The van der Waals surface area contributed by atoms with Gasteiger partial charge in [-0.1, -0.05) is 37.3 Å². The number of benzene rings is 2. The van der Waals surface area contributed by atoms with E-state index in [-0.39, 0.29) is 19.2 Å². The van der Waals surface area contributed by atoms with Crippen LogP contribution in [0.1, 0.15) is 32.8 Å². The van der Waals surface area contributed by atoms with Gasteiger partial charge in [0, 0.05) is 6.08 Å². The Morgan fingerprint density at radius 3 is 2.14 bits per heavy atom. The van der Waals surface area contributed by atoms with Gasteiger partial charge in [0.25, 0.3) is 0 Å². The molecule has 0 amide bonds. The molecule has 0 bridgehead atoms. The van der Waals surface area contributed by atoms with E-state index in [0.29, 0.717) is 12.2 Å². The SMILES string of the molecule is CCC(C)(C)C(=O)OCCOC(=O)/C=C/c1ccc(Oc2ccccc2)cc1. The summed E-state index contributed by atoms with van der Waals surface area (Å²) < 4.78 is 15.9. The Morgan fingerprint density at radius 2 is 1.50 bits per heavy atom. The van der Waals surface area contributed by atoms with E-state index in [0.717, 1.165) is 11.3 Å². The molecule has 2 aromatic rings. The van der Waals surface area contributed by atoms with Crippen molar-refractivity contribution >= 4 is 18.0 Å². The lowest BCUT2D eigenvalue weighted by Crippen LogP contribution is -2.27. The maximum absolute atomic E-state index is 11.8. The lowest BCUT2D eigenvalue weighted by atomic mass is 9.91. The first-order valence-electron chi connectivity index (χ1n) is 9.26. The highest BCUT2D eigenvalue weighted by Gasteiger charge is 2.26. The van der Waals surface area contributed by atoms with Crippen molar-refractivity contribution in [1.82, 2.24) is 0 Å². The average Bonchev–Trinajstić information content (AvgIpc) is 2.71. The molecule has 0 fully saturated rings. The van der Waals surface area contributed by atoms with E-state index in [2.05, 4.69) is 0 Å². The van der Waals surface area contributed by atoms with E-state index in [9.17, 15) is 9.59 Å². The highest BCUT2D eigenvalue weighted by Crippen LogP contribution is 2.22. The van der Waals surface area contributed by atoms with Crippen molar-refractivity contribution in [1.29, 1.82) is 0 Å². The molecule has 2 aromatic carbocycles. The zero-order chi connectivity index (χ0) is 20.4. The van der Waals surface area contributed by atoms with Crippen molar-refractivity contribution in [3.05, 3.63) is 66.2 Å². The van der Waals surface area contributed by atoms with E-state index >= 15 is 0 Å². The molecule has 0 saturated heterocycles. The lowest BCUT2D eigenvalue weighted by Gasteiger charge is -2.20. The van der Waals surface area contributed by atoms with Gasteiger partial charge in [0.05, 0.1) is 5.41 Å². The summed E-state index contributed by atoms with van der Waals surface area (Å²) in [5.41, 5.74) is 0.314. The van der Waals surface area contributed by atoms with Gasteiger partial charge in [-0.25, -0.2) is 4.79 Å². The number of hydrogen-bond donors (Lipinski definition) is 0. The summed E-state index contributed by atoms with van der Waals surface area (Å²) >= 11 is 0. The van der Waals surface area contributed by atoms with E-state index < -0.39 is 11.4 Å². The molecule has 0 saturated carbocycles. The van der Waals surface area contributed by atoms with Gasteiger partial charge >= 0.3 is 11.9 Å². The largest absolute Gasteiger partial charge is 0.462 e. The van der Waals surface area contributed by atoms with Crippen LogP contribution in [0.3, 0.4) is 0 Å². The van der Waals surface area contributed by atoms with Crippen LogP contribution in [0.15, 0.2) is 60.7 Å². The number of carbonyl (C=O) groups excluding carboxylic acids is 2. The number of carbonyl (C=O) groups is 2. The molecule has 2 rings (SSSR count). The Kier molecular flexibility index (Phi) is 7.81. The zero-order valence-electron chi connectivity index (χ0n) is 16.5. The van der Waals surface area contributed by atoms with Crippen LogP contribution in [0, 0.1) is 5.41 Å². The molecule has 0 spiro atoms. The van der Waals surface area contributed by atoms with Crippen LogP contribution in [0.4, 0.5) is 0 Å². The van der Waals surface area contributed by atoms with E-state index in [4.69, 9.17) is 14.2 Å². The Balaban J connectivity index is 1.74. The number of esters is 2. The minimum Gasteiger partial charge on any atom is -0.462 e. The van der Waals surface area contributed by atoms with E-state index in [1.165, 1.54) is 6.08 Å². The molecule has 5 nitrogen and oxygen atoms in total. The molecule has 0 aliphatic carbocycles. The summed E-state index contributed by atoms with van der Waals surface area (Å²) in [5, 5.41) is 0. The van der Waals surface area contributed by atoms with E-state index in [1.807, 2.05) is 75.4 Å². The molecule has 5 heteroatoms. The van der Waals surface area contributed by atoms with Crippen LogP contribution >= 0.6 is 0 Å². The smallest absolute Gasteiger partial charge is 0.330 e. The summed E-state index contributed by atoms with van der Waals surface area (Å²) in [4.78, 5) is 23.6. The minimum absolute atomic E-state index is 0.0264. The topological polar surface area (TPSA) is 61.8 Å². The number of rotatable bonds is 9. The second-order valence-electron chi connectivity index (χ2n) is 6.86. The van der Waals surface area contributed by atoms with Gasteiger partial charge in [-0.2, -0.15) is 0 Å². The van der Waals surface area contributed by atoms with Crippen molar-refractivity contribution in [2.45, 2.75) is 27.2 Å². The first-order valence-corrected chi connectivity index (χ1v) is 9.26. The molecule has 0 heterocycles. The monoisotopic (exact) mass is 382 g/mol. The first-order chi connectivity index (χ1) is 13.4. The molecular formula is C23H26O5. The van der Waals surface area contributed by atoms with Gasteiger partial charge in [-0.05, 0) is 56.2 Å². The van der Waals surface area contributed by atoms with Crippen molar-refractivity contribution in [3.63, 3.8) is 0 Å². The van der Waals surface area contributed by atoms with E-state index in [1.54, 1.807) is 6.08 Å². The molecule has 0 atom stereocenters. The normalized spacial score (nSPS) is 11.2. The molecule has 0 aromatic heterocycles. The molecule has 0 radical (unpaired) electrons. The Morgan fingerprint density at radius 1 is 0.893 bits per heavy atom. The molecular weight excluding hydrogens is 356 g/mol. The molecule has 0 unspecified atom stereocenters. The van der Waals surface area contributed by atoms with Gasteiger partial charge in [0.2, 0.25) is 0 Å². The third-order valence-corrected chi connectivity index (χ3v) is 4.27. The van der Waals surface area contributed by atoms with Crippen LogP contribution in [0.2, 0.25) is 0 Å². The molecule has 0 N–H and O–H groups in total. The van der Waals surface area contributed by atoms with Gasteiger partial charge in [0.1, 0.15) is 24.7 Å². The second-order valence-corrected chi connectivity index (χ2v) is 6.86. The van der Waals surface area contributed by atoms with Crippen molar-refractivity contribution < 1.29 is 23.8 Å². The fraction of sp³-hybridized carbons (Fsp3) is 0.304. The number of ether oxygens (including phenoxy) is 3. The Hall–Kier alpha value is -3.08. The maximum Gasteiger partial charge on any atom is 0.330 e. The van der Waals surface area contributed by atoms with Crippen molar-refractivity contribution in [2.75, 3.05) is 13.2 Å².